The van der Waals surface area contributed by atoms with Crippen LogP contribution in [-0.2, 0) is 4.79 Å². The van der Waals surface area contributed by atoms with Crippen LogP contribution in [0.5, 0.6) is 0 Å². The number of carbonyl (C=O) groups excluding carboxylic acids is 1. The molecule has 0 spiro atoms. The van der Waals surface area contributed by atoms with Crippen LogP contribution in [0.25, 0.3) is 0 Å². The van der Waals surface area contributed by atoms with Gasteiger partial charge in [-0.15, -0.1) is 0 Å². The van der Waals surface area contributed by atoms with Gasteiger partial charge in [-0.2, -0.15) is 0 Å². The molecule has 1 fully saturated rings. The van der Waals surface area contributed by atoms with Gasteiger partial charge in [0.05, 0.1) is 0 Å². The molecule has 3 rings (SSSR count). The lowest BCUT2D eigenvalue weighted by Gasteiger charge is -2.30. The summed E-state index contributed by atoms with van der Waals surface area (Å²) < 4.78 is 0. The zero-order valence-electron chi connectivity index (χ0n) is 16.8. The van der Waals surface area contributed by atoms with Gasteiger partial charge in [0.1, 0.15) is 6.29 Å². The highest BCUT2D eigenvalue weighted by molar-refractivity contribution is 5.49. The van der Waals surface area contributed by atoms with Gasteiger partial charge in [-0.3, -0.25) is 0 Å². The molecule has 0 amide bonds. The Morgan fingerprint density at radius 1 is 0.800 bits per heavy atom. The first-order chi connectivity index (χ1) is 11.6. The smallest absolute Gasteiger partial charge is 0.120 e. The van der Waals surface area contributed by atoms with Gasteiger partial charge >= 0.3 is 0 Å². The van der Waals surface area contributed by atoms with E-state index in [0.717, 1.165) is 12.7 Å². The number of hydrogen-bond acceptors (Lipinski definition) is 1. The zero-order valence-corrected chi connectivity index (χ0v) is 16.8. The normalized spacial score (nSPS) is 34.2. The minimum absolute atomic E-state index is 0.187. The van der Waals surface area contributed by atoms with Crippen LogP contribution in [0.2, 0.25) is 0 Å². The van der Waals surface area contributed by atoms with Crippen LogP contribution in [0, 0.1) is 40.4 Å². The van der Waals surface area contributed by atoms with E-state index < -0.39 is 0 Å². The van der Waals surface area contributed by atoms with Crippen LogP contribution in [0.15, 0.2) is 47.6 Å². The maximum atomic E-state index is 11.1. The van der Waals surface area contributed by atoms with E-state index in [4.69, 9.17) is 0 Å². The van der Waals surface area contributed by atoms with Gasteiger partial charge in [-0.05, 0) is 58.0 Å². The third-order valence-corrected chi connectivity index (χ3v) is 6.41. The molecule has 0 aliphatic heterocycles. The molecular formula is C24H34O. The van der Waals surface area contributed by atoms with Crippen molar-refractivity contribution in [2.75, 3.05) is 0 Å². The first-order valence-corrected chi connectivity index (χ1v) is 9.87. The Bertz CT molecular complexity index is 593. The van der Waals surface area contributed by atoms with Gasteiger partial charge in [0.2, 0.25) is 0 Å². The number of hydrogen-bond donors (Lipinski definition) is 0. The summed E-state index contributed by atoms with van der Waals surface area (Å²) in [5, 5.41) is 0. The largest absolute Gasteiger partial charge is 0.303 e. The van der Waals surface area contributed by atoms with Crippen molar-refractivity contribution in [3.8, 4) is 0 Å². The Balaban J connectivity index is 1.98. The predicted octanol–water partition coefficient (Wildman–Crippen LogP) is 6.14. The van der Waals surface area contributed by atoms with Crippen LogP contribution in [0.4, 0.5) is 0 Å². The van der Waals surface area contributed by atoms with Crippen molar-refractivity contribution >= 4 is 6.29 Å². The topological polar surface area (TPSA) is 17.1 Å². The number of aldehydes is 1. The molecule has 1 saturated carbocycles. The van der Waals surface area contributed by atoms with Crippen LogP contribution in [-0.4, -0.2) is 6.29 Å². The number of fused-ring (bicyclic) bond motifs is 3. The van der Waals surface area contributed by atoms with Crippen LogP contribution in [0.3, 0.4) is 0 Å². The Hall–Kier alpha value is -1.37. The molecule has 0 aromatic carbocycles. The number of allylic oxidation sites excluding steroid dienone is 8. The number of rotatable bonds is 3. The van der Waals surface area contributed by atoms with Crippen molar-refractivity contribution in [3.05, 3.63) is 47.6 Å². The van der Waals surface area contributed by atoms with Crippen LogP contribution >= 0.6 is 0 Å². The van der Waals surface area contributed by atoms with Crippen LogP contribution < -0.4 is 0 Å². The lowest BCUT2D eigenvalue weighted by molar-refractivity contribution is -0.108. The predicted molar refractivity (Wildman–Crippen MR) is 106 cm³/mol. The Kier molecular flexibility index (Phi) is 4.73. The SMILES string of the molecule is CC(C)(C)C1=CC2C(C=C1)C1C=CC(C(C)(C)C)=CC1C2CCC=O. The molecule has 25 heavy (non-hydrogen) atoms. The van der Waals surface area contributed by atoms with Gasteiger partial charge in [0, 0.05) is 6.42 Å². The van der Waals surface area contributed by atoms with E-state index in [1.54, 1.807) is 0 Å². The second-order valence-electron chi connectivity index (χ2n) is 10.2. The summed E-state index contributed by atoms with van der Waals surface area (Å²) in [7, 11) is 0. The molecule has 3 aliphatic rings. The van der Waals surface area contributed by atoms with E-state index in [9.17, 15) is 4.79 Å². The third kappa shape index (κ3) is 3.48. The molecule has 0 bridgehead atoms. The molecular weight excluding hydrogens is 304 g/mol. The molecule has 136 valence electrons. The lowest BCUT2D eigenvalue weighted by atomic mass is 9.74. The van der Waals surface area contributed by atoms with Gasteiger partial charge < -0.3 is 4.79 Å². The first-order valence-electron chi connectivity index (χ1n) is 9.87. The molecule has 0 aromatic heterocycles. The lowest BCUT2D eigenvalue weighted by Crippen LogP contribution is -2.21. The first kappa shape index (κ1) is 18.4. The minimum atomic E-state index is 0.187. The summed E-state index contributed by atoms with van der Waals surface area (Å²) in [6, 6.07) is 0. The maximum Gasteiger partial charge on any atom is 0.120 e. The highest BCUT2D eigenvalue weighted by atomic mass is 16.1. The summed E-state index contributed by atoms with van der Waals surface area (Å²) in [6.07, 6.45) is 17.5. The molecule has 1 heteroatoms. The molecule has 0 heterocycles. The summed E-state index contributed by atoms with van der Waals surface area (Å²) in [5.41, 5.74) is 3.28. The number of carbonyl (C=O) groups is 1. The van der Waals surface area contributed by atoms with Crippen molar-refractivity contribution in [2.24, 2.45) is 40.4 Å². The molecule has 0 radical (unpaired) electrons. The summed E-state index contributed by atoms with van der Waals surface area (Å²) in [6.45, 7) is 13.8. The third-order valence-electron chi connectivity index (χ3n) is 6.41. The molecule has 4 unspecified atom stereocenters. The quantitative estimate of drug-likeness (QED) is 0.564. The monoisotopic (exact) mass is 338 g/mol. The van der Waals surface area contributed by atoms with Gasteiger partial charge in [0.25, 0.3) is 0 Å². The van der Waals surface area contributed by atoms with E-state index in [-0.39, 0.29) is 10.8 Å². The Labute approximate surface area is 154 Å². The van der Waals surface area contributed by atoms with Crippen molar-refractivity contribution < 1.29 is 4.79 Å². The van der Waals surface area contributed by atoms with E-state index in [2.05, 4.69) is 78.0 Å². The molecule has 0 N–H and O–H groups in total. The summed E-state index contributed by atoms with van der Waals surface area (Å²) >= 11 is 0. The second kappa shape index (κ2) is 6.41. The van der Waals surface area contributed by atoms with Crippen molar-refractivity contribution in [1.29, 1.82) is 0 Å². The van der Waals surface area contributed by atoms with Crippen LogP contribution in [0.1, 0.15) is 54.4 Å². The van der Waals surface area contributed by atoms with E-state index in [1.807, 2.05) is 0 Å². The fraction of sp³-hybridized carbons (Fsp3) is 0.625. The van der Waals surface area contributed by atoms with Gasteiger partial charge in [-0.1, -0.05) is 78.0 Å². The standard InChI is InChI=1S/C24H34O/c1-23(2,3)16-9-11-19-20-12-10-17(24(4,5)6)15-22(20)18(8-7-13-25)21(19)14-16/h9-15,18-22H,7-8H2,1-6H3. The van der Waals surface area contributed by atoms with Crippen molar-refractivity contribution in [2.45, 2.75) is 54.4 Å². The van der Waals surface area contributed by atoms with E-state index >= 15 is 0 Å². The summed E-state index contributed by atoms with van der Waals surface area (Å²) in [4.78, 5) is 11.1. The van der Waals surface area contributed by atoms with E-state index in [1.165, 1.54) is 11.1 Å². The fourth-order valence-corrected chi connectivity index (χ4v) is 4.92. The molecule has 3 aliphatic carbocycles. The van der Waals surface area contributed by atoms with Gasteiger partial charge in [0.15, 0.2) is 0 Å². The maximum absolute atomic E-state index is 11.1. The summed E-state index contributed by atoms with van der Waals surface area (Å²) in [5.74, 6) is 2.87. The second-order valence-corrected chi connectivity index (χ2v) is 10.2. The molecule has 0 saturated heterocycles. The Morgan fingerprint density at radius 3 is 1.60 bits per heavy atom. The average molecular weight is 339 g/mol. The average Bonchev–Trinajstić information content (AvgIpc) is 2.83. The minimum Gasteiger partial charge on any atom is -0.303 e. The molecule has 1 nitrogen and oxygen atoms in total. The fourth-order valence-electron chi connectivity index (χ4n) is 4.92. The Morgan fingerprint density at radius 2 is 1.24 bits per heavy atom. The zero-order chi connectivity index (χ0) is 18.4. The molecule has 0 aromatic rings. The van der Waals surface area contributed by atoms with Crippen molar-refractivity contribution in [1.82, 2.24) is 0 Å². The van der Waals surface area contributed by atoms with Gasteiger partial charge in [-0.25, -0.2) is 0 Å². The van der Waals surface area contributed by atoms with E-state index in [0.29, 0.717) is 36.0 Å². The molecule has 4 atom stereocenters. The highest BCUT2D eigenvalue weighted by Gasteiger charge is 2.48. The highest BCUT2D eigenvalue weighted by Crippen LogP contribution is 2.55. The van der Waals surface area contributed by atoms with Crippen molar-refractivity contribution in [3.63, 3.8) is 0 Å².